The molecular weight excluding hydrogens is 413 g/mol. The number of hydrogen-bond donors (Lipinski definition) is 1. The second-order valence-electron chi connectivity index (χ2n) is 7.43. The normalized spacial score (nSPS) is 15.0. The smallest absolute Gasteiger partial charge is 0.318 e. The quantitative estimate of drug-likeness (QED) is 0.391. The number of anilines is 1. The molecule has 4 nitrogen and oxygen atoms in total. The zero-order valence-corrected chi connectivity index (χ0v) is 17.3. The summed E-state index contributed by atoms with van der Waals surface area (Å²) >= 11 is 6.30. The maximum absolute atomic E-state index is 14.2. The minimum atomic E-state index is -0.478. The SMILES string of the molecule is O=C(Nc1ccccc1F)N1Cc2ccccc2-n2cccc2[C@H]1c1cccc(Cl)c1. The number of rotatable bonds is 2. The molecule has 2 amide bonds. The Balaban J connectivity index is 1.65. The molecule has 0 bridgehead atoms. The van der Waals surface area contributed by atoms with E-state index in [1.807, 2.05) is 60.8 Å². The Hall–Kier alpha value is -3.57. The highest BCUT2D eigenvalue weighted by molar-refractivity contribution is 6.30. The fourth-order valence-corrected chi connectivity index (χ4v) is 4.32. The van der Waals surface area contributed by atoms with Gasteiger partial charge in [-0.1, -0.05) is 54.1 Å². The highest BCUT2D eigenvalue weighted by Gasteiger charge is 2.33. The van der Waals surface area contributed by atoms with Crippen molar-refractivity contribution in [1.82, 2.24) is 9.47 Å². The first-order valence-corrected chi connectivity index (χ1v) is 10.3. The van der Waals surface area contributed by atoms with Crippen LogP contribution >= 0.6 is 11.6 Å². The third kappa shape index (κ3) is 3.57. The molecule has 1 atom stereocenters. The molecule has 0 aliphatic carbocycles. The minimum absolute atomic E-state index is 0.144. The Morgan fingerprint density at radius 3 is 2.61 bits per heavy atom. The van der Waals surface area contributed by atoms with Crippen molar-refractivity contribution in [2.45, 2.75) is 12.6 Å². The molecule has 5 rings (SSSR count). The number of carbonyl (C=O) groups excluding carboxylic acids is 1. The standard InChI is InChI=1S/C25H19ClFN3O/c26-19-9-5-8-17(15-19)24-23-13-6-14-29(23)22-12-4-1-7-18(22)16-30(24)25(31)28-21-11-3-2-10-20(21)27/h1-15,24H,16H2,(H,28,31)/t24-/m1/s1. The first-order valence-electron chi connectivity index (χ1n) is 9.95. The van der Waals surface area contributed by atoms with Crippen molar-refractivity contribution in [2.75, 3.05) is 5.32 Å². The lowest BCUT2D eigenvalue weighted by molar-refractivity contribution is 0.194. The van der Waals surface area contributed by atoms with E-state index in [0.717, 1.165) is 22.5 Å². The largest absolute Gasteiger partial charge is 0.323 e. The molecule has 0 unspecified atom stereocenters. The molecule has 4 aromatic rings. The molecule has 1 aliphatic rings. The van der Waals surface area contributed by atoms with E-state index >= 15 is 0 Å². The van der Waals surface area contributed by atoms with Gasteiger partial charge in [-0.2, -0.15) is 0 Å². The minimum Gasteiger partial charge on any atom is -0.318 e. The van der Waals surface area contributed by atoms with Crippen molar-refractivity contribution in [2.24, 2.45) is 0 Å². The summed E-state index contributed by atoms with van der Waals surface area (Å²) in [5, 5.41) is 3.34. The predicted molar refractivity (Wildman–Crippen MR) is 120 cm³/mol. The highest BCUT2D eigenvalue weighted by atomic mass is 35.5. The van der Waals surface area contributed by atoms with Crippen LogP contribution in [0.3, 0.4) is 0 Å². The Morgan fingerprint density at radius 2 is 1.77 bits per heavy atom. The lowest BCUT2D eigenvalue weighted by atomic mass is 10.0. The molecule has 1 aliphatic heterocycles. The fourth-order valence-electron chi connectivity index (χ4n) is 4.12. The fraction of sp³-hybridized carbons (Fsp3) is 0.0800. The maximum atomic E-state index is 14.2. The van der Waals surface area contributed by atoms with E-state index in [0.29, 0.717) is 11.6 Å². The van der Waals surface area contributed by atoms with E-state index in [2.05, 4.69) is 9.88 Å². The number of halogens is 2. The Bertz CT molecular complexity index is 1270. The molecule has 1 N–H and O–H groups in total. The van der Waals surface area contributed by atoms with E-state index < -0.39 is 11.9 Å². The van der Waals surface area contributed by atoms with Gasteiger partial charge in [-0.05, 0) is 53.6 Å². The molecule has 2 heterocycles. The van der Waals surface area contributed by atoms with Gasteiger partial charge in [0.2, 0.25) is 0 Å². The van der Waals surface area contributed by atoms with Gasteiger partial charge < -0.3 is 14.8 Å². The van der Waals surface area contributed by atoms with Crippen LogP contribution in [0.5, 0.6) is 0 Å². The average Bonchev–Trinajstić information content (AvgIpc) is 3.19. The second-order valence-corrected chi connectivity index (χ2v) is 7.86. The first-order chi connectivity index (χ1) is 15.1. The first kappa shape index (κ1) is 19.4. The molecule has 0 fully saturated rings. The van der Waals surface area contributed by atoms with E-state index in [1.165, 1.54) is 6.07 Å². The number of nitrogens with one attached hydrogen (secondary N) is 1. The van der Waals surface area contributed by atoms with Crippen LogP contribution in [0.4, 0.5) is 14.9 Å². The van der Waals surface area contributed by atoms with Crippen molar-refractivity contribution in [3.8, 4) is 5.69 Å². The van der Waals surface area contributed by atoms with Crippen LogP contribution in [-0.4, -0.2) is 15.5 Å². The summed E-state index contributed by atoms with van der Waals surface area (Å²) in [5.74, 6) is -0.478. The number of aromatic nitrogens is 1. The number of nitrogens with zero attached hydrogens (tertiary/aromatic N) is 2. The number of amides is 2. The van der Waals surface area contributed by atoms with Gasteiger partial charge in [0.25, 0.3) is 0 Å². The molecular formula is C25H19ClFN3O. The van der Waals surface area contributed by atoms with Crippen molar-refractivity contribution >= 4 is 23.3 Å². The Kier molecular flexibility index (Phi) is 4.96. The summed E-state index contributed by atoms with van der Waals surface area (Å²) in [5.41, 5.74) is 3.95. The van der Waals surface area contributed by atoms with Gasteiger partial charge in [0.1, 0.15) is 5.82 Å². The van der Waals surface area contributed by atoms with Crippen LogP contribution in [0, 0.1) is 5.82 Å². The summed E-state index contributed by atoms with van der Waals surface area (Å²) in [7, 11) is 0. The van der Waals surface area contributed by atoms with Gasteiger partial charge in [0, 0.05) is 16.9 Å². The molecule has 154 valence electrons. The number of fused-ring (bicyclic) bond motifs is 3. The van der Waals surface area contributed by atoms with E-state index in [4.69, 9.17) is 11.6 Å². The van der Waals surface area contributed by atoms with Crippen molar-refractivity contribution < 1.29 is 9.18 Å². The summed E-state index contributed by atoms with van der Waals surface area (Å²) in [6, 6.07) is 24.8. The van der Waals surface area contributed by atoms with Crippen LogP contribution in [0.15, 0.2) is 91.1 Å². The summed E-state index contributed by atoms with van der Waals surface area (Å²) in [6.07, 6.45) is 1.99. The van der Waals surface area contributed by atoms with Gasteiger partial charge in [-0.3, -0.25) is 0 Å². The predicted octanol–water partition coefficient (Wildman–Crippen LogP) is 6.41. The Morgan fingerprint density at radius 1 is 0.968 bits per heavy atom. The van der Waals surface area contributed by atoms with Crippen LogP contribution < -0.4 is 5.32 Å². The van der Waals surface area contributed by atoms with Gasteiger partial charge in [0.05, 0.1) is 24.0 Å². The maximum Gasteiger partial charge on any atom is 0.323 e. The molecule has 0 saturated heterocycles. The zero-order chi connectivity index (χ0) is 21.4. The zero-order valence-electron chi connectivity index (χ0n) is 16.5. The number of carbonyl (C=O) groups is 1. The monoisotopic (exact) mass is 431 g/mol. The lowest BCUT2D eigenvalue weighted by Crippen LogP contribution is -2.38. The topological polar surface area (TPSA) is 37.3 Å². The van der Waals surface area contributed by atoms with E-state index in [1.54, 1.807) is 29.2 Å². The second kappa shape index (κ2) is 7.93. The average molecular weight is 432 g/mol. The van der Waals surface area contributed by atoms with Crippen molar-refractivity contribution in [3.63, 3.8) is 0 Å². The molecule has 0 saturated carbocycles. The number of hydrogen-bond acceptors (Lipinski definition) is 1. The third-order valence-corrected chi connectivity index (χ3v) is 5.74. The molecule has 0 radical (unpaired) electrons. The van der Waals surface area contributed by atoms with Crippen molar-refractivity contribution in [3.05, 3.63) is 119 Å². The van der Waals surface area contributed by atoms with E-state index in [9.17, 15) is 9.18 Å². The van der Waals surface area contributed by atoms with Crippen LogP contribution in [-0.2, 0) is 6.54 Å². The van der Waals surface area contributed by atoms with Gasteiger partial charge >= 0.3 is 6.03 Å². The highest BCUT2D eigenvalue weighted by Crippen LogP contribution is 2.37. The number of benzene rings is 3. The van der Waals surface area contributed by atoms with Gasteiger partial charge in [-0.25, -0.2) is 9.18 Å². The molecule has 3 aromatic carbocycles. The number of urea groups is 1. The molecule has 6 heteroatoms. The summed E-state index contributed by atoms with van der Waals surface area (Å²) in [4.78, 5) is 15.2. The van der Waals surface area contributed by atoms with Crippen LogP contribution in [0.2, 0.25) is 5.02 Å². The third-order valence-electron chi connectivity index (χ3n) is 5.50. The van der Waals surface area contributed by atoms with E-state index in [-0.39, 0.29) is 11.7 Å². The molecule has 31 heavy (non-hydrogen) atoms. The number of para-hydroxylation sites is 2. The van der Waals surface area contributed by atoms with Gasteiger partial charge in [0.15, 0.2) is 0 Å². The Labute approximate surface area is 184 Å². The summed E-state index contributed by atoms with van der Waals surface area (Å²) < 4.78 is 16.3. The van der Waals surface area contributed by atoms with Crippen LogP contribution in [0.1, 0.15) is 22.9 Å². The van der Waals surface area contributed by atoms with Crippen LogP contribution in [0.25, 0.3) is 5.69 Å². The lowest BCUT2D eigenvalue weighted by Gasteiger charge is -2.31. The molecule has 1 aromatic heterocycles. The van der Waals surface area contributed by atoms with Crippen molar-refractivity contribution in [1.29, 1.82) is 0 Å². The summed E-state index contributed by atoms with van der Waals surface area (Å²) in [6.45, 7) is 0.356. The van der Waals surface area contributed by atoms with Gasteiger partial charge in [-0.15, -0.1) is 0 Å². The molecule has 0 spiro atoms.